The lowest BCUT2D eigenvalue weighted by molar-refractivity contribution is 0.100. The topological polar surface area (TPSA) is 24.3 Å². The second-order valence-electron chi connectivity index (χ2n) is 8.67. The van der Waals surface area contributed by atoms with E-state index in [0.29, 0.717) is 6.04 Å². The number of aromatic nitrogens is 2. The number of hydrogen-bond acceptors (Lipinski definition) is 4. The molecule has 0 atom stereocenters. The number of aryl methyl sites for hydroxylation is 2. The summed E-state index contributed by atoms with van der Waals surface area (Å²) < 4.78 is 2.49. The molecule has 4 nitrogen and oxygen atoms in total. The van der Waals surface area contributed by atoms with Gasteiger partial charge in [-0.25, -0.2) is 4.98 Å². The fraction of sp³-hybridized carbons (Fsp3) is 0.667. The molecule has 2 aliphatic rings. The number of hydrogen-bond donors (Lipinski definition) is 0. The molecule has 0 aliphatic carbocycles. The summed E-state index contributed by atoms with van der Waals surface area (Å²) in [6.45, 7) is 14.6. The van der Waals surface area contributed by atoms with E-state index in [1.807, 2.05) is 11.3 Å². The lowest BCUT2D eigenvalue weighted by Gasteiger charge is -2.46. The molecule has 1 spiro atoms. The van der Waals surface area contributed by atoms with Crippen molar-refractivity contribution in [1.29, 1.82) is 0 Å². The lowest BCUT2D eigenvalue weighted by atomic mass is 9.72. The van der Waals surface area contributed by atoms with Crippen LogP contribution >= 0.6 is 11.3 Å². The standard InChI is InChI=1S/C21H32N4S/c1-15(2)25-17(4)22-20-18(25)12-24(13-19-16(3)6-11-26-19)14-21(20)7-9-23(5)10-8-21/h6,11,15H,7-10,12-14H2,1-5H3. The predicted octanol–water partition coefficient (Wildman–Crippen LogP) is 4.12. The Kier molecular flexibility index (Phi) is 4.74. The highest BCUT2D eigenvalue weighted by molar-refractivity contribution is 7.10. The molecule has 4 rings (SSSR count). The summed E-state index contributed by atoms with van der Waals surface area (Å²) in [5, 5.41) is 2.23. The highest BCUT2D eigenvalue weighted by Crippen LogP contribution is 2.42. The van der Waals surface area contributed by atoms with Crippen LogP contribution in [0.2, 0.25) is 0 Å². The van der Waals surface area contributed by atoms with E-state index in [4.69, 9.17) is 4.98 Å². The van der Waals surface area contributed by atoms with Crippen molar-refractivity contribution < 1.29 is 0 Å². The van der Waals surface area contributed by atoms with Gasteiger partial charge >= 0.3 is 0 Å². The van der Waals surface area contributed by atoms with Gasteiger partial charge in [-0.2, -0.15) is 0 Å². The normalized spacial score (nSPS) is 20.8. The lowest BCUT2D eigenvalue weighted by Crippen LogP contribution is -2.51. The number of piperidine rings is 1. The number of imidazole rings is 1. The highest BCUT2D eigenvalue weighted by atomic mass is 32.1. The molecular weight excluding hydrogens is 340 g/mol. The number of likely N-dealkylation sites (tertiary alicyclic amines) is 1. The van der Waals surface area contributed by atoms with Gasteiger partial charge < -0.3 is 9.47 Å². The second-order valence-corrected chi connectivity index (χ2v) is 9.67. The fourth-order valence-corrected chi connectivity index (χ4v) is 5.89. The van der Waals surface area contributed by atoms with E-state index < -0.39 is 0 Å². The molecule has 1 saturated heterocycles. The Labute approximate surface area is 161 Å². The van der Waals surface area contributed by atoms with E-state index in [1.165, 1.54) is 53.6 Å². The molecule has 0 radical (unpaired) electrons. The zero-order chi connectivity index (χ0) is 18.5. The summed E-state index contributed by atoms with van der Waals surface area (Å²) >= 11 is 1.90. The van der Waals surface area contributed by atoms with Gasteiger partial charge in [0.25, 0.3) is 0 Å². The van der Waals surface area contributed by atoms with E-state index in [0.717, 1.165) is 19.6 Å². The van der Waals surface area contributed by atoms with Gasteiger partial charge in [0.1, 0.15) is 5.82 Å². The number of nitrogens with zero attached hydrogens (tertiary/aromatic N) is 4. The third kappa shape index (κ3) is 3.04. The largest absolute Gasteiger partial charge is 0.328 e. The fourth-order valence-electron chi connectivity index (χ4n) is 4.94. The Hall–Kier alpha value is -1.17. The van der Waals surface area contributed by atoms with E-state index in [1.54, 1.807) is 0 Å². The van der Waals surface area contributed by atoms with Gasteiger partial charge in [-0.05, 0) is 77.7 Å². The Morgan fingerprint density at radius 3 is 2.58 bits per heavy atom. The van der Waals surface area contributed by atoms with Crippen LogP contribution in [-0.4, -0.2) is 46.0 Å². The third-order valence-electron chi connectivity index (χ3n) is 6.38. The zero-order valence-electron chi connectivity index (χ0n) is 16.9. The molecule has 0 unspecified atom stereocenters. The van der Waals surface area contributed by atoms with Crippen LogP contribution < -0.4 is 0 Å². The number of rotatable bonds is 3. The SMILES string of the molecule is Cc1ccsc1CN1Cc2c(nc(C)n2C(C)C)C2(CCN(C)CC2)C1. The molecule has 1 fully saturated rings. The van der Waals surface area contributed by atoms with E-state index in [-0.39, 0.29) is 5.41 Å². The van der Waals surface area contributed by atoms with Crippen molar-refractivity contribution in [3.05, 3.63) is 39.1 Å². The average molecular weight is 373 g/mol. The summed E-state index contributed by atoms with van der Waals surface area (Å²) in [4.78, 5) is 11.8. The Bertz CT molecular complexity index is 780. The Morgan fingerprint density at radius 1 is 1.23 bits per heavy atom. The van der Waals surface area contributed by atoms with Crippen molar-refractivity contribution in [2.75, 3.05) is 26.7 Å². The van der Waals surface area contributed by atoms with Crippen LogP contribution in [0.25, 0.3) is 0 Å². The molecule has 2 aliphatic heterocycles. The van der Waals surface area contributed by atoms with Crippen LogP contribution in [0.1, 0.15) is 60.4 Å². The molecule has 0 amide bonds. The van der Waals surface area contributed by atoms with Crippen LogP contribution in [0.15, 0.2) is 11.4 Å². The Morgan fingerprint density at radius 2 is 1.96 bits per heavy atom. The summed E-state index contributed by atoms with van der Waals surface area (Å²) in [7, 11) is 2.25. The molecule has 2 aromatic heterocycles. The average Bonchev–Trinajstić information content (AvgIpc) is 3.14. The van der Waals surface area contributed by atoms with Crippen LogP contribution in [0.4, 0.5) is 0 Å². The maximum Gasteiger partial charge on any atom is 0.106 e. The van der Waals surface area contributed by atoms with Crippen molar-refractivity contribution in [2.24, 2.45) is 0 Å². The minimum Gasteiger partial charge on any atom is -0.328 e. The van der Waals surface area contributed by atoms with Crippen LogP contribution in [0.3, 0.4) is 0 Å². The van der Waals surface area contributed by atoms with Crippen LogP contribution in [-0.2, 0) is 18.5 Å². The van der Waals surface area contributed by atoms with E-state index in [9.17, 15) is 0 Å². The van der Waals surface area contributed by atoms with Crippen molar-refractivity contribution in [1.82, 2.24) is 19.4 Å². The van der Waals surface area contributed by atoms with Crippen molar-refractivity contribution in [3.63, 3.8) is 0 Å². The first-order chi connectivity index (χ1) is 12.4. The van der Waals surface area contributed by atoms with Gasteiger partial charge in [0.15, 0.2) is 0 Å². The zero-order valence-corrected chi connectivity index (χ0v) is 17.7. The summed E-state index contributed by atoms with van der Waals surface area (Å²) in [6, 6.07) is 2.72. The van der Waals surface area contributed by atoms with Gasteiger partial charge in [-0.1, -0.05) is 0 Å². The monoisotopic (exact) mass is 372 g/mol. The first-order valence-electron chi connectivity index (χ1n) is 9.92. The molecule has 0 aromatic carbocycles. The molecule has 142 valence electrons. The van der Waals surface area contributed by atoms with Gasteiger partial charge in [0, 0.05) is 36.0 Å². The summed E-state index contributed by atoms with van der Waals surface area (Å²) in [5.41, 5.74) is 4.56. The highest BCUT2D eigenvalue weighted by Gasteiger charge is 2.45. The maximum atomic E-state index is 5.14. The minimum atomic E-state index is 0.232. The summed E-state index contributed by atoms with van der Waals surface area (Å²) in [5.74, 6) is 1.19. The first-order valence-corrected chi connectivity index (χ1v) is 10.8. The quantitative estimate of drug-likeness (QED) is 0.810. The molecular formula is C21H32N4S. The molecule has 5 heteroatoms. The van der Waals surface area contributed by atoms with Crippen LogP contribution in [0, 0.1) is 13.8 Å². The van der Waals surface area contributed by atoms with E-state index >= 15 is 0 Å². The Balaban J connectivity index is 1.73. The van der Waals surface area contributed by atoms with Gasteiger partial charge in [-0.15, -0.1) is 11.3 Å². The molecule has 26 heavy (non-hydrogen) atoms. The molecule has 0 bridgehead atoms. The van der Waals surface area contributed by atoms with Crippen molar-refractivity contribution in [3.8, 4) is 0 Å². The minimum absolute atomic E-state index is 0.232. The van der Waals surface area contributed by atoms with Gasteiger partial charge in [-0.3, -0.25) is 4.90 Å². The molecule has 4 heterocycles. The predicted molar refractivity (Wildman–Crippen MR) is 109 cm³/mol. The molecule has 0 N–H and O–H groups in total. The van der Waals surface area contributed by atoms with Crippen molar-refractivity contribution >= 4 is 11.3 Å². The van der Waals surface area contributed by atoms with Crippen LogP contribution in [0.5, 0.6) is 0 Å². The first kappa shape index (κ1) is 18.2. The van der Waals surface area contributed by atoms with E-state index in [2.05, 4.69) is 60.6 Å². The second kappa shape index (κ2) is 6.77. The number of thiophene rings is 1. The maximum absolute atomic E-state index is 5.14. The third-order valence-corrected chi connectivity index (χ3v) is 7.39. The van der Waals surface area contributed by atoms with Gasteiger partial charge in [0.05, 0.1) is 11.4 Å². The number of fused-ring (bicyclic) bond motifs is 2. The molecule has 0 saturated carbocycles. The van der Waals surface area contributed by atoms with Gasteiger partial charge in [0.2, 0.25) is 0 Å². The van der Waals surface area contributed by atoms with Crippen molar-refractivity contribution in [2.45, 2.75) is 65.1 Å². The molecule has 2 aromatic rings. The summed E-state index contributed by atoms with van der Waals surface area (Å²) in [6.07, 6.45) is 2.45. The smallest absolute Gasteiger partial charge is 0.106 e.